The van der Waals surface area contributed by atoms with E-state index in [1.165, 1.54) is 27.7 Å². The van der Waals surface area contributed by atoms with E-state index in [-0.39, 0.29) is 5.78 Å². The molecule has 28 heavy (non-hydrogen) atoms. The lowest BCUT2D eigenvalue weighted by atomic mass is 10.0. The van der Waals surface area contributed by atoms with Crippen molar-refractivity contribution >= 4 is 27.7 Å². The van der Waals surface area contributed by atoms with Gasteiger partial charge in [0.05, 0.1) is 17.6 Å². The maximum atomic E-state index is 11.7. The van der Waals surface area contributed by atoms with Gasteiger partial charge < -0.3 is 9.55 Å². The minimum absolute atomic E-state index is 0.0855. The highest BCUT2D eigenvalue weighted by atomic mass is 16.1. The maximum absolute atomic E-state index is 11.7. The fraction of sp³-hybridized carbons (Fsp3) is 0.304. The normalized spacial score (nSPS) is 14.7. The first-order valence-corrected chi connectivity index (χ1v) is 9.79. The standard InChI is InChI=1S/C23H24N4O/c1-14-5-4-6-18-17-9-10-27(12-20(17)25-23(14)18)13-22-24-19-8-7-16(15(2)28)11-21(19)26(22)3/h4-8,11,25H,9-10,12-13H2,1-3H3. The number of fused-ring (bicyclic) bond motifs is 4. The number of H-pyrrole nitrogens is 1. The highest BCUT2D eigenvalue weighted by Crippen LogP contribution is 2.30. The number of aromatic amines is 1. The predicted molar refractivity (Wildman–Crippen MR) is 112 cm³/mol. The van der Waals surface area contributed by atoms with E-state index in [0.29, 0.717) is 0 Å². The van der Waals surface area contributed by atoms with Crippen LogP contribution in [0.5, 0.6) is 0 Å². The summed E-state index contributed by atoms with van der Waals surface area (Å²) in [6.45, 7) is 6.50. The molecule has 3 heterocycles. The molecular formula is C23H24N4O. The Bertz CT molecular complexity index is 1230. The molecule has 0 amide bonds. The summed E-state index contributed by atoms with van der Waals surface area (Å²) in [7, 11) is 2.04. The van der Waals surface area contributed by atoms with Gasteiger partial charge in [0, 0.05) is 42.3 Å². The van der Waals surface area contributed by atoms with Crippen LogP contribution in [0.4, 0.5) is 0 Å². The fourth-order valence-electron chi connectivity index (χ4n) is 4.40. The SMILES string of the molecule is CC(=O)c1ccc2nc(CN3CCc4c([nH]c5c(C)cccc45)C3)n(C)c2c1. The highest BCUT2D eigenvalue weighted by Gasteiger charge is 2.22. The highest BCUT2D eigenvalue weighted by molar-refractivity contribution is 5.97. The smallest absolute Gasteiger partial charge is 0.159 e. The van der Waals surface area contributed by atoms with E-state index in [2.05, 4.69) is 39.6 Å². The van der Waals surface area contributed by atoms with Crippen LogP contribution in [0, 0.1) is 6.92 Å². The van der Waals surface area contributed by atoms with Gasteiger partial charge in [0.25, 0.3) is 0 Å². The molecule has 2 aromatic heterocycles. The molecule has 2 aromatic carbocycles. The second-order valence-electron chi connectivity index (χ2n) is 7.89. The van der Waals surface area contributed by atoms with Crippen LogP contribution in [0.3, 0.4) is 0 Å². The lowest BCUT2D eigenvalue weighted by molar-refractivity contribution is 0.101. The average Bonchev–Trinajstić information content (AvgIpc) is 3.20. The Hall–Kier alpha value is -2.92. The Morgan fingerprint density at radius 1 is 1.25 bits per heavy atom. The molecular weight excluding hydrogens is 348 g/mol. The van der Waals surface area contributed by atoms with Crippen molar-refractivity contribution in [2.75, 3.05) is 6.54 Å². The average molecular weight is 372 g/mol. The van der Waals surface area contributed by atoms with Crippen LogP contribution in [-0.4, -0.2) is 31.8 Å². The number of hydrogen-bond donors (Lipinski definition) is 1. The molecule has 0 atom stereocenters. The number of aromatic nitrogens is 3. The summed E-state index contributed by atoms with van der Waals surface area (Å²) < 4.78 is 2.12. The van der Waals surface area contributed by atoms with E-state index >= 15 is 0 Å². The molecule has 1 aliphatic heterocycles. The van der Waals surface area contributed by atoms with Crippen LogP contribution in [-0.2, 0) is 26.6 Å². The summed E-state index contributed by atoms with van der Waals surface area (Å²) in [6.07, 6.45) is 1.05. The number of rotatable bonds is 3. The first kappa shape index (κ1) is 17.2. The predicted octanol–water partition coefficient (Wildman–Crippen LogP) is 4.12. The van der Waals surface area contributed by atoms with Gasteiger partial charge in [0.1, 0.15) is 5.82 Å². The molecule has 0 unspecified atom stereocenters. The van der Waals surface area contributed by atoms with Gasteiger partial charge in [-0.25, -0.2) is 4.98 Å². The zero-order valence-electron chi connectivity index (χ0n) is 16.5. The van der Waals surface area contributed by atoms with Gasteiger partial charge in [0.2, 0.25) is 0 Å². The summed E-state index contributed by atoms with van der Waals surface area (Å²) in [5.74, 6) is 1.12. The zero-order valence-corrected chi connectivity index (χ0v) is 16.5. The topological polar surface area (TPSA) is 53.9 Å². The van der Waals surface area contributed by atoms with Gasteiger partial charge >= 0.3 is 0 Å². The van der Waals surface area contributed by atoms with Gasteiger partial charge in [-0.05, 0) is 49.6 Å². The van der Waals surface area contributed by atoms with Gasteiger partial charge in [-0.15, -0.1) is 0 Å². The van der Waals surface area contributed by atoms with Crippen LogP contribution < -0.4 is 0 Å². The quantitative estimate of drug-likeness (QED) is 0.550. The Kier molecular flexibility index (Phi) is 3.88. The number of ketones is 1. The van der Waals surface area contributed by atoms with E-state index in [0.717, 1.165) is 48.5 Å². The van der Waals surface area contributed by atoms with Crippen LogP contribution in [0.15, 0.2) is 36.4 Å². The lowest BCUT2D eigenvalue weighted by Gasteiger charge is -2.26. The molecule has 5 rings (SSSR count). The van der Waals surface area contributed by atoms with Crippen LogP contribution in [0.1, 0.15) is 39.9 Å². The van der Waals surface area contributed by atoms with Crippen molar-refractivity contribution in [1.29, 1.82) is 0 Å². The zero-order chi connectivity index (χ0) is 19.4. The molecule has 0 aliphatic carbocycles. The molecule has 5 nitrogen and oxygen atoms in total. The molecule has 0 saturated heterocycles. The van der Waals surface area contributed by atoms with Gasteiger partial charge in [-0.3, -0.25) is 9.69 Å². The largest absolute Gasteiger partial charge is 0.357 e. The van der Waals surface area contributed by atoms with E-state index in [4.69, 9.17) is 4.98 Å². The van der Waals surface area contributed by atoms with Crippen molar-refractivity contribution in [2.45, 2.75) is 33.4 Å². The number of aryl methyl sites for hydroxylation is 2. The maximum Gasteiger partial charge on any atom is 0.159 e. The summed E-state index contributed by atoms with van der Waals surface area (Å²) in [4.78, 5) is 22.6. The minimum atomic E-state index is 0.0855. The number of carbonyl (C=O) groups excluding carboxylic acids is 1. The molecule has 5 heteroatoms. The molecule has 0 fully saturated rings. The van der Waals surface area contributed by atoms with Crippen molar-refractivity contribution in [1.82, 2.24) is 19.4 Å². The Morgan fingerprint density at radius 2 is 2.11 bits per heavy atom. The third-order valence-corrected chi connectivity index (χ3v) is 6.04. The van der Waals surface area contributed by atoms with E-state index in [9.17, 15) is 4.79 Å². The number of nitrogens with one attached hydrogen (secondary N) is 1. The Labute approximate surface area is 164 Å². The van der Waals surface area contributed by atoms with E-state index < -0.39 is 0 Å². The van der Waals surface area contributed by atoms with E-state index in [1.807, 2.05) is 25.2 Å². The molecule has 0 radical (unpaired) electrons. The number of nitrogens with zero attached hydrogens (tertiary/aromatic N) is 3. The Balaban J connectivity index is 1.44. The summed E-state index contributed by atoms with van der Waals surface area (Å²) in [5.41, 5.74) is 8.06. The molecule has 1 aliphatic rings. The Morgan fingerprint density at radius 3 is 2.93 bits per heavy atom. The van der Waals surface area contributed by atoms with Gasteiger partial charge in [-0.1, -0.05) is 18.2 Å². The number of imidazole rings is 1. The molecule has 0 saturated carbocycles. The second kappa shape index (κ2) is 6.31. The van der Waals surface area contributed by atoms with Crippen molar-refractivity contribution in [3.63, 3.8) is 0 Å². The minimum Gasteiger partial charge on any atom is -0.357 e. The molecule has 142 valence electrons. The monoisotopic (exact) mass is 372 g/mol. The van der Waals surface area contributed by atoms with E-state index in [1.54, 1.807) is 6.92 Å². The van der Waals surface area contributed by atoms with Gasteiger partial charge in [0.15, 0.2) is 5.78 Å². The summed E-state index contributed by atoms with van der Waals surface area (Å²) in [6, 6.07) is 12.3. The first-order valence-electron chi connectivity index (χ1n) is 9.79. The molecule has 1 N–H and O–H groups in total. The number of Topliss-reactive ketones (excluding diaryl/α,β-unsaturated/α-hetero) is 1. The molecule has 4 aromatic rings. The third-order valence-electron chi connectivity index (χ3n) is 6.04. The van der Waals surface area contributed by atoms with Gasteiger partial charge in [-0.2, -0.15) is 0 Å². The van der Waals surface area contributed by atoms with Crippen molar-refractivity contribution < 1.29 is 4.79 Å². The second-order valence-corrected chi connectivity index (χ2v) is 7.89. The molecule has 0 spiro atoms. The van der Waals surface area contributed by atoms with Crippen molar-refractivity contribution in [3.8, 4) is 0 Å². The number of hydrogen-bond acceptors (Lipinski definition) is 3. The third kappa shape index (κ3) is 2.66. The number of benzene rings is 2. The lowest BCUT2D eigenvalue weighted by Crippen LogP contribution is -2.30. The fourth-order valence-corrected chi connectivity index (χ4v) is 4.40. The summed E-state index contributed by atoms with van der Waals surface area (Å²) >= 11 is 0. The van der Waals surface area contributed by atoms with Crippen LogP contribution >= 0.6 is 0 Å². The first-order chi connectivity index (χ1) is 13.5. The van der Waals surface area contributed by atoms with Crippen molar-refractivity contribution in [2.24, 2.45) is 7.05 Å². The van der Waals surface area contributed by atoms with Crippen LogP contribution in [0.2, 0.25) is 0 Å². The number of para-hydroxylation sites is 1. The summed E-state index contributed by atoms with van der Waals surface area (Å²) in [5, 5.41) is 1.37. The number of carbonyl (C=O) groups is 1. The van der Waals surface area contributed by atoms with Crippen molar-refractivity contribution in [3.05, 3.63) is 64.6 Å². The molecule has 0 bridgehead atoms. The van der Waals surface area contributed by atoms with Crippen LogP contribution in [0.25, 0.3) is 21.9 Å².